The first-order valence-corrected chi connectivity index (χ1v) is 8.33. The van der Waals surface area contributed by atoms with Crippen molar-refractivity contribution in [3.63, 3.8) is 0 Å². The van der Waals surface area contributed by atoms with Crippen LogP contribution in [0.1, 0.15) is 57.4 Å². The number of rotatable bonds is 8. The van der Waals surface area contributed by atoms with Gasteiger partial charge in [-0.05, 0) is 36.8 Å². The summed E-state index contributed by atoms with van der Waals surface area (Å²) in [6.07, 6.45) is 5.75. The van der Waals surface area contributed by atoms with Crippen molar-refractivity contribution in [1.82, 2.24) is 5.32 Å². The lowest BCUT2D eigenvalue weighted by Crippen LogP contribution is -2.36. The number of hydrogen-bond acceptors (Lipinski definition) is 3. The number of aliphatic hydroxyl groups excluding tert-OH is 1. The molecule has 3 nitrogen and oxygen atoms in total. The number of para-hydroxylation sites is 1. The molecule has 0 spiro atoms. The summed E-state index contributed by atoms with van der Waals surface area (Å²) in [6, 6.07) is 8.74. The van der Waals surface area contributed by atoms with Crippen LogP contribution in [0.5, 0.6) is 5.75 Å². The minimum absolute atomic E-state index is 0. The van der Waals surface area contributed by atoms with Crippen molar-refractivity contribution in [3.05, 3.63) is 29.8 Å². The molecule has 2 N–H and O–H groups in total. The van der Waals surface area contributed by atoms with Crippen molar-refractivity contribution >= 4 is 12.4 Å². The van der Waals surface area contributed by atoms with E-state index in [1.165, 1.54) is 31.2 Å². The second-order valence-corrected chi connectivity index (χ2v) is 6.20. The molecule has 1 aliphatic rings. The van der Waals surface area contributed by atoms with E-state index in [0.717, 1.165) is 12.2 Å². The molecule has 1 aromatic carbocycles. The largest absolute Gasteiger partial charge is 0.491 e. The van der Waals surface area contributed by atoms with Gasteiger partial charge in [0.05, 0.1) is 0 Å². The van der Waals surface area contributed by atoms with Crippen LogP contribution >= 0.6 is 12.4 Å². The third kappa shape index (κ3) is 5.79. The second kappa shape index (κ2) is 10.1. The Bertz CT molecular complexity index is 421. The van der Waals surface area contributed by atoms with Gasteiger partial charge in [0.2, 0.25) is 0 Å². The van der Waals surface area contributed by atoms with Gasteiger partial charge in [0.1, 0.15) is 18.5 Å². The Morgan fingerprint density at radius 3 is 2.64 bits per heavy atom. The van der Waals surface area contributed by atoms with Gasteiger partial charge in [-0.1, -0.05) is 44.9 Å². The van der Waals surface area contributed by atoms with E-state index in [4.69, 9.17) is 4.74 Å². The Balaban J connectivity index is 0.00000242. The average molecular weight is 328 g/mol. The summed E-state index contributed by atoms with van der Waals surface area (Å²) in [7, 11) is 0. The maximum absolute atomic E-state index is 10.1. The molecule has 1 saturated carbocycles. The van der Waals surface area contributed by atoms with Gasteiger partial charge in [-0.25, -0.2) is 0 Å². The number of aliphatic hydroxyl groups is 1. The van der Waals surface area contributed by atoms with Gasteiger partial charge in [0.25, 0.3) is 0 Å². The van der Waals surface area contributed by atoms with E-state index >= 15 is 0 Å². The second-order valence-electron chi connectivity index (χ2n) is 6.20. The third-order valence-corrected chi connectivity index (χ3v) is 4.49. The zero-order chi connectivity index (χ0) is 15.1. The summed E-state index contributed by atoms with van der Waals surface area (Å²) in [5.74, 6) is 1.39. The van der Waals surface area contributed by atoms with Crippen LogP contribution in [0.3, 0.4) is 0 Å². The third-order valence-electron chi connectivity index (χ3n) is 4.49. The van der Waals surface area contributed by atoms with Gasteiger partial charge in [-0.15, -0.1) is 12.4 Å². The number of halogens is 1. The van der Waals surface area contributed by atoms with Crippen LogP contribution in [0, 0.1) is 0 Å². The molecule has 2 unspecified atom stereocenters. The van der Waals surface area contributed by atoms with Crippen LogP contribution in [0.25, 0.3) is 0 Å². The lowest BCUT2D eigenvalue weighted by atomic mass is 9.98. The summed E-state index contributed by atoms with van der Waals surface area (Å²) in [5, 5.41) is 13.5. The van der Waals surface area contributed by atoms with Crippen LogP contribution in [0.2, 0.25) is 0 Å². The van der Waals surface area contributed by atoms with Gasteiger partial charge >= 0.3 is 0 Å². The molecule has 0 saturated heterocycles. The predicted octanol–water partition coefficient (Wildman–Crippen LogP) is 3.89. The first-order chi connectivity index (χ1) is 10.2. The topological polar surface area (TPSA) is 41.5 Å². The van der Waals surface area contributed by atoms with Crippen LogP contribution in [-0.4, -0.2) is 30.4 Å². The minimum Gasteiger partial charge on any atom is -0.491 e. The normalized spacial score (nSPS) is 17.8. The molecule has 0 amide bonds. The van der Waals surface area contributed by atoms with Crippen molar-refractivity contribution in [2.75, 3.05) is 13.2 Å². The molecule has 1 aliphatic carbocycles. The van der Waals surface area contributed by atoms with E-state index in [2.05, 4.69) is 25.2 Å². The molecule has 0 radical (unpaired) electrons. The highest BCUT2D eigenvalue weighted by Gasteiger charge is 2.16. The molecule has 22 heavy (non-hydrogen) atoms. The standard InChI is InChI=1S/C18H29NO2.ClH/c1-3-14(2)17-10-6-7-11-18(17)21-13-16(20)12-19-15-8-4-5-9-15;/h6-7,10-11,14-16,19-20H,3-5,8-9,12-13H2,1-2H3;1H. The fourth-order valence-corrected chi connectivity index (χ4v) is 2.92. The van der Waals surface area contributed by atoms with E-state index in [0.29, 0.717) is 25.1 Å². The average Bonchev–Trinajstić information content (AvgIpc) is 3.04. The fraction of sp³-hybridized carbons (Fsp3) is 0.667. The number of hydrogen-bond donors (Lipinski definition) is 2. The van der Waals surface area contributed by atoms with Crippen LogP contribution < -0.4 is 10.1 Å². The molecule has 1 fully saturated rings. The lowest BCUT2D eigenvalue weighted by Gasteiger charge is -2.19. The summed E-state index contributed by atoms with van der Waals surface area (Å²) >= 11 is 0. The van der Waals surface area contributed by atoms with Gasteiger partial charge in [-0.3, -0.25) is 0 Å². The Morgan fingerprint density at radius 1 is 1.27 bits per heavy atom. The van der Waals surface area contributed by atoms with Crippen LogP contribution in [0.4, 0.5) is 0 Å². The maximum Gasteiger partial charge on any atom is 0.122 e. The lowest BCUT2D eigenvalue weighted by molar-refractivity contribution is 0.103. The highest BCUT2D eigenvalue weighted by atomic mass is 35.5. The molecular weight excluding hydrogens is 298 g/mol. The maximum atomic E-state index is 10.1. The van der Waals surface area contributed by atoms with Crippen LogP contribution in [-0.2, 0) is 0 Å². The number of nitrogens with one attached hydrogen (secondary N) is 1. The van der Waals surface area contributed by atoms with E-state index in [1.54, 1.807) is 0 Å². The van der Waals surface area contributed by atoms with Crippen molar-refractivity contribution in [1.29, 1.82) is 0 Å². The Labute approximate surface area is 140 Å². The highest BCUT2D eigenvalue weighted by Crippen LogP contribution is 2.28. The molecule has 2 atom stereocenters. The Kier molecular flexibility index (Phi) is 8.84. The smallest absolute Gasteiger partial charge is 0.122 e. The summed E-state index contributed by atoms with van der Waals surface area (Å²) < 4.78 is 5.85. The van der Waals surface area contributed by atoms with Crippen LogP contribution in [0.15, 0.2) is 24.3 Å². The SMILES string of the molecule is CCC(C)c1ccccc1OCC(O)CNC1CCCC1.Cl. The van der Waals surface area contributed by atoms with E-state index < -0.39 is 6.10 Å². The Hall–Kier alpha value is -0.770. The molecule has 0 heterocycles. The highest BCUT2D eigenvalue weighted by molar-refractivity contribution is 5.85. The molecule has 0 bridgehead atoms. The predicted molar refractivity (Wildman–Crippen MR) is 94.2 cm³/mol. The number of benzene rings is 1. The first kappa shape index (κ1) is 19.3. The molecule has 1 aromatic rings. The molecule has 0 aromatic heterocycles. The van der Waals surface area contributed by atoms with Crippen molar-refractivity contribution in [2.24, 2.45) is 0 Å². The molecule has 4 heteroatoms. The zero-order valence-electron chi connectivity index (χ0n) is 13.8. The van der Waals surface area contributed by atoms with E-state index in [1.807, 2.05) is 18.2 Å². The van der Waals surface area contributed by atoms with Gasteiger partial charge in [-0.2, -0.15) is 0 Å². The monoisotopic (exact) mass is 327 g/mol. The van der Waals surface area contributed by atoms with Gasteiger partial charge < -0.3 is 15.2 Å². The quantitative estimate of drug-likeness (QED) is 0.761. The van der Waals surface area contributed by atoms with E-state index in [9.17, 15) is 5.11 Å². The Morgan fingerprint density at radius 2 is 1.95 bits per heavy atom. The summed E-state index contributed by atoms with van der Waals surface area (Å²) in [6.45, 7) is 5.37. The van der Waals surface area contributed by atoms with Crippen molar-refractivity contribution < 1.29 is 9.84 Å². The first-order valence-electron chi connectivity index (χ1n) is 8.33. The molecule has 126 valence electrons. The summed E-state index contributed by atoms with van der Waals surface area (Å²) in [5.41, 5.74) is 1.23. The van der Waals surface area contributed by atoms with Gasteiger partial charge in [0, 0.05) is 12.6 Å². The molecule has 2 rings (SSSR count). The van der Waals surface area contributed by atoms with Gasteiger partial charge in [0.15, 0.2) is 0 Å². The number of ether oxygens (including phenoxy) is 1. The molecular formula is C18H30ClNO2. The van der Waals surface area contributed by atoms with Crippen molar-refractivity contribution in [2.45, 2.75) is 64.0 Å². The van der Waals surface area contributed by atoms with Crippen molar-refractivity contribution in [3.8, 4) is 5.75 Å². The zero-order valence-corrected chi connectivity index (χ0v) is 14.6. The fourth-order valence-electron chi connectivity index (χ4n) is 2.92. The summed E-state index contributed by atoms with van der Waals surface area (Å²) in [4.78, 5) is 0. The van der Waals surface area contributed by atoms with E-state index in [-0.39, 0.29) is 12.4 Å². The molecule has 0 aliphatic heterocycles. The minimum atomic E-state index is -0.449.